The first-order valence-electron chi connectivity index (χ1n) is 11.7. The Morgan fingerprint density at radius 1 is 1.05 bits per heavy atom. The number of para-hydroxylation sites is 2. The lowest BCUT2D eigenvalue weighted by atomic mass is 9.75. The Kier molecular flexibility index (Phi) is 7.02. The standard InChI is InChI=1S/C27H26F3N3O4/c1-3-26(4-2)16-33(24-22(35)14-9-17(15-34)23(24)26)21-8-6-5-7-20(21)32-25(36)31-18-10-12-19(13-11-18)37-27(28,29)30/h5-15,35H,3-4,16H2,1-2H3,(H2,31,32,36). The van der Waals surface area contributed by atoms with Crippen molar-refractivity contribution in [2.75, 3.05) is 22.1 Å². The molecule has 194 valence electrons. The molecule has 0 saturated carbocycles. The van der Waals surface area contributed by atoms with Crippen LogP contribution in [0.2, 0.25) is 0 Å². The van der Waals surface area contributed by atoms with E-state index >= 15 is 0 Å². The summed E-state index contributed by atoms with van der Waals surface area (Å²) in [5.74, 6) is -0.369. The number of benzene rings is 3. The van der Waals surface area contributed by atoms with Crippen LogP contribution in [-0.4, -0.2) is 30.3 Å². The van der Waals surface area contributed by atoms with Gasteiger partial charge in [0.1, 0.15) is 17.8 Å². The largest absolute Gasteiger partial charge is 0.573 e. The van der Waals surface area contributed by atoms with Crippen LogP contribution in [0.1, 0.15) is 42.6 Å². The molecule has 0 radical (unpaired) electrons. The maximum Gasteiger partial charge on any atom is 0.573 e. The van der Waals surface area contributed by atoms with Gasteiger partial charge in [0.05, 0.1) is 17.1 Å². The minimum Gasteiger partial charge on any atom is -0.506 e. The number of nitrogens with one attached hydrogen (secondary N) is 2. The molecule has 0 aromatic heterocycles. The molecule has 0 unspecified atom stereocenters. The number of carbonyl (C=O) groups is 2. The number of aldehydes is 1. The Morgan fingerprint density at radius 3 is 2.35 bits per heavy atom. The molecule has 1 aliphatic heterocycles. The molecule has 1 aliphatic rings. The maximum absolute atomic E-state index is 12.8. The van der Waals surface area contributed by atoms with Crippen LogP contribution in [-0.2, 0) is 5.41 Å². The fourth-order valence-corrected chi connectivity index (χ4v) is 4.86. The van der Waals surface area contributed by atoms with Crippen molar-refractivity contribution in [3.05, 3.63) is 71.8 Å². The van der Waals surface area contributed by atoms with Crippen LogP contribution in [0, 0.1) is 0 Å². The van der Waals surface area contributed by atoms with Crippen molar-refractivity contribution in [3.8, 4) is 11.5 Å². The van der Waals surface area contributed by atoms with Crippen LogP contribution >= 0.6 is 0 Å². The van der Waals surface area contributed by atoms with Crippen LogP contribution in [0.15, 0.2) is 60.7 Å². The number of ether oxygens (including phenoxy) is 1. The molecule has 37 heavy (non-hydrogen) atoms. The number of anilines is 4. The highest BCUT2D eigenvalue weighted by molar-refractivity contribution is 6.03. The van der Waals surface area contributed by atoms with Gasteiger partial charge in [0.2, 0.25) is 0 Å². The molecule has 0 aliphatic carbocycles. The number of amides is 2. The quantitative estimate of drug-likeness (QED) is 0.297. The summed E-state index contributed by atoms with van der Waals surface area (Å²) in [6.07, 6.45) is -2.54. The molecule has 0 fully saturated rings. The van der Waals surface area contributed by atoms with Gasteiger partial charge in [-0.1, -0.05) is 26.0 Å². The molecule has 0 atom stereocenters. The number of nitrogens with zero attached hydrogens (tertiary/aromatic N) is 1. The van der Waals surface area contributed by atoms with E-state index in [2.05, 4.69) is 15.4 Å². The number of phenolic OH excluding ortho intramolecular Hbond substituents is 1. The minimum absolute atomic E-state index is 0.0322. The molecule has 3 N–H and O–H groups in total. The lowest BCUT2D eigenvalue weighted by Crippen LogP contribution is -2.31. The molecular weight excluding hydrogens is 487 g/mol. The smallest absolute Gasteiger partial charge is 0.506 e. The molecule has 3 aromatic carbocycles. The van der Waals surface area contributed by atoms with E-state index in [1.807, 2.05) is 18.7 Å². The third-order valence-electron chi connectivity index (χ3n) is 6.72. The zero-order chi connectivity index (χ0) is 26.8. The van der Waals surface area contributed by atoms with Crippen molar-refractivity contribution >= 4 is 35.1 Å². The van der Waals surface area contributed by atoms with E-state index in [-0.39, 0.29) is 16.9 Å². The summed E-state index contributed by atoms with van der Waals surface area (Å²) in [4.78, 5) is 26.6. The summed E-state index contributed by atoms with van der Waals surface area (Å²) < 4.78 is 41.0. The molecular formula is C27H26F3N3O4. The van der Waals surface area contributed by atoms with E-state index in [1.54, 1.807) is 30.3 Å². The van der Waals surface area contributed by atoms with Crippen molar-refractivity contribution in [2.24, 2.45) is 0 Å². The summed E-state index contributed by atoms with van der Waals surface area (Å²) in [5, 5.41) is 16.2. The minimum atomic E-state index is -4.81. The number of hydrogen-bond donors (Lipinski definition) is 3. The zero-order valence-corrected chi connectivity index (χ0v) is 20.2. The van der Waals surface area contributed by atoms with E-state index < -0.39 is 18.1 Å². The Bertz CT molecular complexity index is 1310. The number of carbonyl (C=O) groups excluding carboxylic acids is 2. The highest BCUT2D eigenvalue weighted by Gasteiger charge is 2.44. The van der Waals surface area contributed by atoms with Gasteiger partial charge in [-0.2, -0.15) is 0 Å². The Balaban J connectivity index is 1.62. The zero-order valence-electron chi connectivity index (χ0n) is 20.2. The van der Waals surface area contributed by atoms with Gasteiger partial charge >= 0.3 is 12.4 Å². The van der Waals surface area contributed by atoms with Gasteiger partial charge in [-0.15, -0.1) is 13.2 Å². The summed E-state index contributed by atoms with van der Waals surface area (Å²) in [6, 6.07) is 14.3. The number of hydrogen-bond acceptors (Lipinski definition) is 5. The highest BCUT2D eigenvalue weighted by atomic mass is 19.4. The number of alkyl halides is 3. The number of urea groups is 1. The maximum atomic E-state index is 12.8. The lowest BCUT2D eigenvalue weighted by molar-refractivity contribution is -0.274. The molecule has 0 saturated heterocycles. The lowest BCUT2D eigenvalue weighted by Gasteiger charge is -2.29. The second-order valence-electron chi connectivity index (χ2n) is 8.76. The molecule has 0 spiro atoms. The number of halogens is 3. The summed E-state index contributed by atoms with van der Waals surface area (Å²) in [5.41, 5.74) is 2.79. The van der Waals surface area contributed by atoms with Crippen molar-refractivity contribution < 1.29 is 32.6 Å². The fourth-order valence-electron chi connectivity index (χ4n) is 4.86. The normalized spacial score (nSPS) is 14.1. The van der Waals surface area contributed by atoms with Crippen LogP contribution in [0.5, 0.6) is 11.5 Å². The average molecular weight is 514 g/mol. The Labute approximate surface area is 211 Å². The van der Waals surface area contributed by atoms with Gasteiger partial charge in [0, 0.05) is 23.2 Å². The number of aromatic hydroxyl groups is 1. The molecule has 0 bridgehead atoms. The molecule has 2 amide bonds. The van der Waals surface area contributed by atoms with Crippen LogP contribution in [0.4, 0.5) is 40.7 Å². The van der Waals surface area contributed by atoms with Crippen molar-refractivity contribution in [3.63, 3.8) is 0 Å². The summed E-state index contributed by atoms with van der Waals surface area (Å²) in [7, 11) is 0. The first kappa shape index (κ1) is 25.9. The van der Waals surface area contributed by atoms with E-state index in [4.69, 9.17) is 0 Å². The van der Waals surface area contributed by atoms with Gasteiger partial charge in [-0.25, -0.2) is 4.79 Å². The van der Waals surface area contributed by atoms with Gasteiger partial charge in [0.15, 0.2) is 0 Å². The predicted octanol–water partition coefficient (Wildman–Crippen LogP) is 6.96. The van der Waals surface area contributed by atoms with Crippen LogP contribution < -0.4 is 20.3 Å². The van der Waals surface area contributed by atoms with Gasteiger partial charge in [0.25, 0.3) is 0 Å². The predicted molar refractivity (Wildman–Crippen MR) is 135 cm³/mol. The number of phenols is 1. The van der Waals surface area contributed by atoms with Gasteiger partial charge in [-0.3, -0.25) is 4.79 Å². The van der Waals surface area contributed by atoms with Crippen molar-refractivity contribution in [2.45, 2.75) is 38.5 Å². The molecule has 7 nitrogen and oxygen atoms in total. The van der Waals surface area contributed by atoms with E-state index in [0.717, 1.165) is 36.8 Å². The van der Waals surface area contributed by atoms with E-state index in [1.165, 1.54) is 18.2 Å². The topological polar surface area (TPSA) is 90.9 Å². The van der Waals surface area contributed by atoms with E-state index in [0.29, 0.717) is 29.2 Å². The second-order valence-corrected chi connectivity index (χ2v) is 8.76. The third-order valence-corrected chi connectivity index (χ3v) is 6.72. The fraction of sp³-hybridized carbons (Fsp3) is 0.259. The molecule has 10 heteroatoms. The van der Waals surface area contributed by atoms with Gasteiger partial charge < -0.3 is 25.4 Å². The monoisotopic (exact) mass is 513 g/mol. The van der Waals surface area contributed by atoms with Gasteiger partial charge in [-0.05, 0) is 66.9 Å². The number of fused-ring (bicyclic) bond motifs is 1. The highest BCUT2D eigenvalue weighted by Crippen LogP contribution is 2.54. The molecule has 3 aromatic rings. The third kappa shape index (κ3) is 5.18. The van der Waals surface area contributed by atoms with Crippen molar-refractivity contribution in [1.29, 1.82) is 0 Å². The Hall–Kier alpha value is -4.21. The van der Waals surface area contributed by atoms with E-state index in [9.17, 15) is 27.9 Å². The molecule has 1 heterocycles. The first-order chi connectivity index (χ1) is 17.6. The first-order valence-corrected chi connectivity index (χ1v) is 11.7. The molecule has 4 rings (SSSR count). The summed E-state index contributed by atoms with van der Waals surface area (Å²) >= 11 is 0. The van der Waals surface area contributed by atoms with Crippen LogP contribution in [0.25, 0.3) is 0 Å². The Morgan fingerprint density at radius 2 is 1.73 bits per heavy atom. The number of rotatable bonds is 7. The summed E-state index contributed by atoms with van der Waals surface area (Å²) in [6.45, 7) is 4.57. The average Bonchev–Trinajstić information content (AvgIpc) is 3.22. The SMILES string of the molecule is CCC1(CC)CN(c2ccccc2NC(=O)Nc2ccc(OC(F)(F)F)cc2)c2c(O)ccc(C=O)c21. The van der Waals surface area contributed by atoms with Crippen molar-refractivity contribution in [1.82, 2.24) is 0 Å². The van der Waals surface area contributed by atoms with Crippen LogP contribution in [0.3, 0.4) is 0 Å². The second kappa shape index (κ2) is 10.0.